The summed E-state index contributed by atoms with van der Waals surface area (Å²) in [5.41, 5.74) is 5.09. The lowest BCUT2D eigenvalue weighted by Crippen LogP contribution is -2.50. The van der Waals surface area contributed by atoms with Crippen molar-refractivity contribution in [1.29, 1.82) is 0 Å². The third kappa shape index (κ3) is 5.06. The molecule has 5 N–H and O–H groups in total. The van der Waals surface area contributed by atoms with E-state index >= 15 is 0 Å². The van der Waals surface area contributed by atoms with E-state index in [1.807, 2.05) is 35.2 Å². The van der Waals surface area contributed by atoms with Crippen molar-refractivity contribution in [3.8, 4) is 5.75 Å². The summed E-state index contributed by atoms with van der Waals surface area (Å²) in [6, 6.07) is 5.78. The molecule has 0 amide bonds. The normalized spacial score (nSPS) is 13.3. The Hall–Kier alpha value is -1.51. The molecule has 0 aliphatic rings. The van der Waals surface area contributed by atoms with Crippen LogP contribution in [-0.2, 0) is 4.43 Å². The van der Waals surface area contributed by atoms with Gasteiger partial charge in [0.05, 0.1) is 30.4 Å². The first-order chi connectivity index (χ1) is 12.5. The minimum atomic E-state index is -1.77. The van der Waals surface area contributed by atoms with Crippen molar-refractivity contribution >= 4 is 36.6 Å². The Balaban J connectivity index is 2.09. The summed E-state index contributed by atoms with van der Waals surface area (Å²) in [7, 11) is -0.161. The molecule has 0 saturated heterocycles. The number of nitrogens with zero attached hydrogens (tertiary/aromatic N) is 2. The van der Waals surface area contributed by atoms with Crippen LogP contribution in [0.2, 0.25) is 23.2 Å². The number of rotatable bonds is 7. The van der Waals surface area contributed by atoms with Crippen LogP contribution in [0.5, 0.6) is 5.75 Å². The molecule has 1 aromatic carbocycles. The van der Waals surface area contributed by atoms with Gasteiger partial charge in [-0.1, -0.05) is 32.4 Å². The van der Waals surface area contributed by atoms with E-state index in [1.165, 1.54) is 0 Å². The Morgan fingerprint density at radius 2 is 2.04 bits per heavy atom. The Morgan fingerprint density at radius 1 is 1.37 bits per heavy atom. The molecule has 0 aliphatic carbocycles. The first-order valence-corrected chi connectivity index (χ1v) is 12.3. The first kappa shape index (κ1) is 21.8. The Labute approximate surface area is 167 Å². The fourth-order valence-corrected chi connectivity index (χ4v) is 3.75. The highest BCUT2D eigenvalue weighted by Crippen LogP contribution is 2.36. The number of hydrogen-bond donors (Lipinski definition) is 2. The van der Waals surface area contributed by atoms with Crippen molar-refractivity contribution < 1.29 is 14.9 Å². The fourth-order valence-electron chi connectivity index (χ4n) is 2.48. The number of benzene rings is 1. The van der Waals surface area contributed by atoms with E-state index in [0.29, 0.717) is 23.9 Å². The molecule has 2 aromatic rings. The molecule has 1 aromatic heterocycles. The Kier molecular flexibility index (Phi) is 6.65. The second kappa shape index (κ2) is 8.24. The maximum Gasteiger partial charge on any atom is 0.225 e. The van der Waals surface area contributed by atoms with E-state index in [0.717, 1.165) is 16.7 Å². The fraction of sp³-hybridized carbons (Fsp3) is 0.474. The van der Waals surface area contributed by atoms with Crippen LogP contribution in [0.25, 0.3) is 16.7 Å². The zero-order valence-electron chi connectivity index (χ0n) is 17.2. The third-order valence-electron chi connectivity index (χ3n) is 5.21. The molecular formula is C19H32ClN4O2Si. The molecule has 0 spiro atoms. The van der Waals surface area contributed by atoms with Gasteiger partial charge in [0.2, 0.25) is 5.82 Å². The molecule has 0 unspecified atom stereocenters. The zero-order valence-corrected chi connectivity index (χ0v) is 18.9. The Bertz CT molecular complexity index is 827. The van der Waals surface area contributed by atoms with Gasteiger partial charge in [-0.15, -0.1) is 18.1 Å². The summed E-state index contributed by atoms with van der Waals surface area (Å²) in [4.78, 5) is 0. The van der Waals surface area contributed by atoms with Gasteiger partial charge in [0, 0.05) is 18.2 Å². The summed E-state index contributed by atoms with van der Waals surface area (Å²) in [6.07, 6.45) is 3.76. The number of fused-ring (bicyclic) bond motifs is 1. The van der Waals surface area contributed by atoms with Gasteiger partial charge in [-0.05, 0) is 26.5 Å². The second-order valence-corrected chi connectivity index (χ2v) is 13.4. The van der Waals surface area contributed by atoms with Crippen LogP contribution in [0.1, 0.15) is 20.8 Å². The maximum atomic E-state index is 6.26. The molecule has 2 rings (SSSR count). The molecule has 27 heavy (non-hydrogen) atoms. The van der Waals surface area contributed by atoms with E-state index < -0.39 is 8.32 Å². The minimum Gasteiger partial charge on any atom is -0.563 e. The summed E-state index contributed by atoms with van der Waals surface area (Å²) in [6.45, 7) is 12.3. The molecule has 1 heterocycles. The smallest absolute Gasteiger partial charge is 0.225 e. The van der Waals surface area contributed by atoms with E-state index in [1.54, 1.807) is 12.1 Å². The van der Waals surface area contributed by atoms with Crippen LogP contribution < -0.4 is 16.3 Å². The SMILES string of the molecule is COc1cc2ccn(/C([NH3+])=C/N(N)CCO[Si-](C)(C)C(C)(C)C)c2cc1Cl. The quantitative estimate of drug-likeness (QED) is 0.415. The van der Waals surface area contributed by atoms with Gasteiger partial charge < -0.3 is 19.9 Å². The minimum absolute atomic E-state index is 0.185. The standard InChI is InChI=1S/C19H31ClN4O2Si/c1-19(2,3)27(5,6)26-10-9-23(22)13-18(21)24-8-7-14-11-17(25-4)15(20)12-16(14)24/h7-8,11-13H,9-10,21-22H2,1-6H3/q-1/p+1/b18-13+. The molecule has 151 valence electrons. The van der Waals surface area contributed by atoms with Gasteiger partial charge in [0.25, 0.3) is 0 Å². The third-order valence-corrected chi connectivity index (χ3v) is 10.0. The van der Waals surface area contributed by atoms with Crippen molar-refractivity contribution in [2.75, 3.05) is 20.3 Å². The van der Waals surface area contributed by atoms with Crippen LogP contribution in [0.4, 0.5) is 0 Å². The molecule has 0 radical (unpaired) electrons. The summed E-state index contributed by atoms with van der Waals surface area (Å²) >= 11 is 6.26. The first-order valence-electron chi connectivity index (χ1n) is 9.00. The molecule has 6 nitrogen and oxygen atoms in total. The molecule has 0 bridgehead atoms. The van der Waals surface area contributed by atoms with Crippen LogP contribution in [0.15, 0.2) is 30.6 Å². The van der Waals surface area contributed by atoms with E-state index in [4.69, 9.17) is 26.6 Å². The number of halogens is 1. The number of methoxy groups -OCH3 is 1. The van der Waals surface area contributed by atoms with Crippen LogP contribution >= 0.6 is 11.6 Å². The second-order valence-electron chi connectivity index (χ2n) is 8.20. The van der Waals surface area contributed by atoms with Crippen molar-refractivity contribution in [1.82, 2.24) is 9.58 Å². The molecule has 0 saturated carbocycles. The number of nitrogens with two attached hydrogens (primary N) is 1. The van der Waals surface area contributed by atoms with Gasteiger partial charge in [0.15, 0.2) is 0 Å². The van der Waals surface area contributed by atoms with Crippen molar-refractivity contribution in [3.63, 3.8) is 0 Å². The highest BCUT2D eigenvalue weighted by Gasteiger charge is 2.24. The highest BCUT2D eigenvalue weighted by molar-refractivity contribution is 6.74. The number of hydrogen-bond acceptors (Lipinski definition) is 4. The molecule has 0 atom stereocenters. The average Bonchev–Trinajstić information content (AvgIpc) is 2.95. The largest absolute Gasteiger partial charge is 0.563 e. The molecular weight excluding hydrogens is 380 g/mol. The number of hydrazine groups is 1. The van der Waals surface area contributed by atoms with Crippen molar-refractivity contribution in [2.45, 2.75) is 38.9 Å². The predicted octanol–water partition coefficient (Wildman–Crippen LogP) is 3.50. The predicted molar refractivity (Wildman–Crippen MR) is 115 cm³/mol. The van der Waals surface area contributed by atoms with Crippen LogP contribution in [0.3, 0.4) is 0 Å². The average molecular weight is 412 g/mol. The lowest BCUT2D eigenvalue weighted by Gasteiger charge is -2.48. The van der Waals surface area contributed by atoms with Gasteiger partial charge in [-0.2, -0.15) is 0 Å². The van der Waals surface area contributed by atoms with Crippen molar-refractivity contribution in [2.24, 2.45) is 5.84 Å². The van der Waals surface area contributed by atoms with Gasteiger partial charge in [-0.3, -0.25) is 4.57 Å². The van der Waals surface area contributed by atoms with Crippen LogP contribution in [0, 0.1) is 0 Å². The van der Waals surface area contributed by atoms with E-state index in [2.05, 4.69) is 39.6 Å². The summed E-state index contributed by atoms with van der Waals surface area (Å²) < 4.78 is 13.4. The van der Waals surface area contributed by atoms with Crippen LogP contribution in [-0.4, -0.2) is 38.2 Å². The summed E-state index contributed by atoms with van der Waals surface area (Å²) in [5.74, 6) is 7.54. The van der Waals surface area contributed by atoms with E-state index in [9.17, 15) is 0 Å². The maximum absolute atomic E-state index is 6.26. The lowest BCUT2D eigenvalue weighted by molar-refractivity contribution is -0.255. The van der Waals surface area contributed by atoms with Crippen molar-refractivity contribution in [3.05, 3.63) is 35.6 Å². The lowest BCUT2D eigenvalue weighted by atomic mass is 10.2. The summed E-state index contributed by atoms with van der Waals surface area (Å²) in [5, 5.41) is 3.39. The molecule has 0 aliphatic heterocycles. The van der Waals surface area contributed by atoms with Gasteiger partial charge in [0.1, 0.15) is 5.75 Å². The number of ether oxygens (including phenoxy) is 1. The monoisotopic (exact) mass is 411 g/mol. The van der Waals surface area contributed by atoms with Gasteiger partial charge in [-0.25, -0.2) is 5.84 Å². The highest BCUT2D eigenvalue weighted by atomic mass is 35.5. The Morgan fingerprint density at radius 3 is 2.63 bits per heavy atom. The van der Waals surface area contributed by atoms with Gasteiger partial charge >= 0.3 is 0 Å². The molecule has 0 fully saturated rings. The van der Waals surface area contributed by atoms with E-state index in [-0.39, 0.29) is 5.04 Å². The number of aromatic nitrogens is 1. The zero-order chi connectivity index (χ0) is 20.4. The number of quaternary nitrogens is 1. The molecule has 8 heteroatoms. The topological polar surface area (TPSA) is 80.3 Å².